The summed E-state index contributed by atoms with van der Waals surface area (Å²) in [5, 5.41) is 2.75. The topological polar surface area (TPSA) is 200 Å². The molecule has 1 amide bonds. The first-order chi connectivity index (χ1) is 23.5. The largest absolute Gasteiger partial charge is 0.490 e. The molecule has 15 nitrogen and oxygen atoms in total. The van der Waals surface area contributed by atoms with Crippen molar-refractivity contribution < 1.29 is 46.1 Å². The first kappa shape index (κ1) is 39.8. The van der Waals surface area contributed by atoms with E-state index in [1.54, 1.807) is 36.2 Å². The van der Waals surface area contributed by atoms with Gasteiger partial charge in [-0.1, -0.05) is 17.7 Å². The molecule has 4 aromatic rings. The SMILES string of the molecule is CC[n+]1c(CNC(=O)c2nc(Cl)c(N)nc2N)n(CCOCCn2ccccc2=O)c2cc(OCP(C)(C)=O)ccc21.COC(=O)C(F)(F)F. The Morgan fingerprint density at radius 3 is 2.38 bits per heavy atom. The molecule has 3 aromatic heterocycles. The molecule has 20 heteroatoms. The van der Waals surface area contributed by atoms with E-state index in [0.29, 0.717) is 45.7 Å². The van der Waals surface area contributed by atoms with Crippen molar-refractivity contribution >= 4 is 53.3 Å². The molecule has 0 atom stereocenters. The molecule has 272 valence electrons. The van der Waals surface area contributed by atoms with Gasteiger partial charge in [0, 0.05) is 24.9 Å². The second-order valence-corrected chi connectivity index (χ2v) is 14.7. The van der Waals surface area contributed by atoms with E-state index in [0.717, 1.165) is 16.9 Å². The zero-order valence-corrected chi connectivity index (χ0v) is 29.3. The van der Waals surface area contributed by atoms with Gasteiger partial charge in [0.1, 0.15) is 32.3 Å². The molecular weight excluding hydrogens is 708 g/mol. The molecular formula is C30H38ClF3N8O7P+. The van der Waals surface area contributed by atoms with Crippen LogP contribution in [0.1, 0.15) is 23.2 Å². The number of rotatable bonds is 13. The number of nitrogens with one attached hydrogen (secondary N) is 1. The maximum atomic E-state index is 13.0. The minimum Gasteiger partial charge on any atom is -0.486 e. The van der Waals surface area contributed by atoms with E-state index >= 15 is 0 Å². The molecule has 0 saturated carbocycles. The number of hydrogen-bond donors (Lipinski definition) is 3. The van der Waals surface area contributed by atoms with E-state index in [1.165, 1.54) is 6.07 Å². The van der Waals surface area contributed by atoms with Crippen LogP contribution in [0.25, 0.3) is 11.0 Å². The van der Waals surface area contributed by atoms with E-state index in [2.05, 4.69) is 24.6 Å². The van der Waals surface area contributed by atoms with Crippen molar-refractivity contribution in [1.82, 2.24) is 24.4 Å². The van der Waals surface area contributed by atoms with Gasteiger partial charge in [0.25, 0.3) is 17.3 Å². The van der Waals surface area contributed by atoms with Crippen LogP contribution in [0.5, 0.6) is 5.75 Å². The number of amides is 1. The third-order valence-electron chi connectivity index (χ3n) is 6.79. The number of nitrogen functional groups attached to an aromatic ring is 2. The van der Waals surface area contributed by atoms with Gasteiger partial charge in [-0.3, -0.25) is 9.59 Å². The number of pyridine rings is 1. The number of ether oxygens (including phenoxy) is 3. The molecule has 50 heavy (non-hydrogen) atoms. The van der Waals surface area contributed by atoms with Crippen LogP contribution in [0, 0.1) is 0 Å². The summed E-state index contributed by atoms with van der Waals surface area (Å²) in [5.74, 6) is -1.56. The van der Waals surface area contributed by atoms with Crippen LogP contribution in [0.4, 0.5) is 24.8 Å². The van der Waals surface area contributed by atoms with Gasteiger partial charge in [0.2, 0.25) is 0 Å². The van der Waals surface area contributed by atoms with Crippen LogP contribution in [-0.4, -0.2) is 77.2 Å². The average Bonchev–Trinajstić information content (AvgIpc) is 3.35. The highest BCUT2D eigenvalue weighted by molar-refractivity contribution is 7.62. The number of esters is 1. The smallest absolute Gasteiger partial charge is 0.486 e. The molecule has 0 aliphatic rings. The minimum absolute atomic E-state index is 0.0627. The molecule has 3 heterocycles. The predicted molar refractivity (Wildman–Crippen MR) is 179 cm³/mol. The van der Waals surface area contributed by atoms with Crippen LogP contribution in [0.3, 0.4) is 0 Å². The number of fused-ring (bicyclic) bond motifs is 1. The Kier molecular flexibility index (Phi) is 13.8. The Bertz CT molecular complexity index is 1930. The fourth-order valence-electron chi connectivity index (χ4n) is 4.52. The minimum atomic E-state index is -4.85. The van der Waals surface area contributed by atoms with Gasteiger partial charge in [-0.25, -0.2) is 23.9 Å². The number of methoxy groups -OCH3 is 1. The number of halogens is 4. The highest BCUT2D eigenvalue weighted by Gasteiger charge is 2.40. The summed E-state index contributed by atoms with van der Waals surface area (Å²) in [6, 6.07) is 10.6. The van der Waals surface area contributed by atoms with Crippen LogP contribution >= 0.6 is 18.7 Å². The Hall–Kier alpha value is -4.67. The van der Waals surface area contributed by atoms with E-state index < -0.39 is 25.2 Å². The van der Waals surface area contributed by atoms with Crippen LogP contribution in [0.2, 0.25) is 5.15 Å². The second kappa shape index (κ2) is 17.3. The van der Waals surface area contributed by atoms with Gasteiger partial charge in [0.15, 0.2) is 33.5 Å². The first-order valence-electron chi connectivity index (χ1n) is 14.9. The first-order valence-corrected chi connectivity index (χ1v) is 18.1. The summed E-state index contributed by atoms with van der Waals surface area (Å²) in [4.78, 5) is 42.3. The Morgan fingerprint density at radius 2 is 1.78 bits per heavy atom. The van der Waals surface area contributed by atoms with E-state index in [-0.39, 0.29) is 40.9 Å². The van der Waals surface area contributed by atoms with Crippen molar-refractivity contribution in [2.45, 2.75) is 39.3 Å². The summed E-state index contributed by atoms with van der Waals surface area (Å²) < 4.78 is 65.9. The fraction of sp³-hybridized carbons (Fsp3) is 0.400. The Labute approximate surface area is 289 Å². The quantitative estimate of drug-likeness (QED) is 0.0787. The number of nitrogens with zero attached hydrogens (tertiary/aromatic N) is 5. The van der Waals surface area contributed by atoms with Crippen molar-refractivity contribution in [2.75, 3.05) is 51.5 Å². The number of carbonyl (C=O) groups excluding carboxylic acids is 2. The van der Waals surface area contributed by atoms with Crippen molar-refractivity contribution in [3.05, 3.63) is 69.6 Å². The van der Waals surface area contributed by atoms with E-state index in [9.17, 15) is 32.1 Å². The number of nitrogens with two attached hydrogens (primary N) is 2. The predicted octanol–water partition coefficient (Wildman–Crippen LogP) is 3.05. The number of alkyl halides is 3. The Morgan fingerprint density at radius 1 is 1.08 bits per heavy atom. The Balaban J connectivity index is 0.000000753. The summed E-state index contributed by atoms with van der Waals surface area (Å²) in [7, 11) is -1.72. The van der Waals surface area contributed by atoms with Crippen molar-refractivity contribution in [3.8, 4) is 5.75 Å². The highest BCUT2D eigenvalue weighted by atomic mass is 35.5. The number of anilines is 2. The molecule has 0 spiro atoms. The molecule has 1 aromatic carbocycles. The zero-order valence-electron chi connectivity index (χ0n) is 27.7. The average molecular weight is 746 g/mol. The molecule has 0 aliphatic heterocycles. The van der Waals surface area contributed by atoms with Crippen molar-refractivity contribution in [1.29, 1.82) is 0 Å². The number of aryl methyl sites for hydroxylation is 1. The van der Waals surface area contributed by atoms with Crippen molar-refractivity contribution in [3.63, 3.8) is 0 Å². The van der Waals surface area contributed by atoms with Crippen molar-refractivity contribution in [2.24, 2.45) is 0 Å². The summed E-state index contributed by atoms with van der Waals surface area (Å²) >= 11 is 5.97. The summed E-state index contributed by atoms with van der Waals surface area (Å²) in [6.45, 7) is 7.63. The normalized spacial score (nSPS) is 11.5. The number of aromatic nitrogens is 5. The maximum Gasteiger partial charge on any atom is 0.490 e. The molecule has 0 bridgehead atoms. The summed E-state index contributed by atoms with van der Waals surface area (Å²) in [6.07, 6.45) is -3.02. The zero-order chi connectivity index (χ0) is 37.2. The van der Waals surface area contributed by atoms with Gasteiger partial charge in [-0.05, 0) is 38.5 Å². The van der Waals surface area contributed by atoms with Crippen LogP contribution in [-0.2, 0) is 45.0 Å². The third-order valence-corrected chi connectivity index (χ3v) is 7.82. The van der Waals surface area contributed by atoms with Gasteiger partial charge in [-0.15, -0.1) is 0 Å². The van der Waals surface area contributed by atoms with Gasteiger partial charge < -0.3 is 40.1 Å². The third kappa shape index (κ3) is 10.9. The number of hydrogen-bond acceptors (Lipinski definition) is 11. The monoisotopic (exact) mass is 745 g/mol. The molecule has 5 N–H and O–H groups in total. The molecule has 0 unspecified atom stereocenters. The molecule has 0 radical (unpaired) electrons. The van der Waals surface area contributed by atoms with Crippen LogP contribution in [0.15, 0.2) is 47.4 Å². The number of carbonyl (C=O) groups is 2. The highest BCUT2D eigenvalue weighted by Crippen LogP contribution is 2.36. The van der Waals surface area contributed by atoms with Gasteiger partial charge in [-0.2, -0.15) is 13.2 Å². The number of benzene rings is 1. The lowest BCUT2D eigenvalue weighted by Crippen LogP contribution is -2.40. The molecule has 0 aliphatic carbocycles. The molecule has 0 saturated heterocycles. The molecule has 4 rings (SSSR count). The van der Waals surface area contributed by atoms with Crippen LogP contribution < -0.4 is 31.6 Å². The lowest BCUT2D eigenvalue weighted by Gasteiger charge is -2.10. The maximum absolute atomic E-state index is 13.0. The van der Waals surface area contributed by atoms with Gasteiger partial charge in [0.05, 0.1) is 26.9 Å². The van der Waals surface area contributed by atoms with E-state index in [4.69, 9.17) is 32.5 Å². The lowest BCUT2D eigenvalue weighted by atomic mass is 10.3. The fourth-order valence-corrected chi connectivity index (χ4v) is 5.10. The van der Waals surface area contributed by atoms with Gasteiger partial charge >= 0.3 is 12.1 Å². The summed E-state index contributed by atoms with van der Waals surface area (Å²) in [5.41, 5.74) is 13.1. The molecule has 0 fully saturated rings. The standard InChI is InChI=1S/C27H34ClN8O5P.C3H3F3O2/c1-4-35-19-9-8-18(41-17-42(2,3)39)15-20(19)36(12-14-40-13-11-34-10-6-5-7-22(34)37)21(35)16-31-27(38)23-25(29)33-26(30)24(28)32-23;1-8-2(7)3(4,5)6/h5-10,15H,4,11-14,16-17H2,1-3H3,(H4-,29,30,31,33,38);1H3/p+1. The van der Waals surface area contributed by atoms with E-state index in [1.807, 2.05) is 29.7 Å². The second-order valence-electron chi connectivity index (χ2n) is 11.0. The number of imidazole rings is 1. The lowest BCUT2D eigenvalue weighted by molar-refractivity contribution is -0.676.